The van der Waals surface area contributed by atoms with Crippen LogP contribution in [0.3, 0.4) is 0 Å². The van der Waals surface area contributed by atoms with Crippen molar-refractivity contribution >= 4 is 12.6 Å². The zero-order valence-electron chi connectivity index (χ0n) is 4.55. The summed E-state index contributed by atoms with van der Waals surface area (Å²) in [4.78, 5) is 19.6. The standard InChI is InChI=1S/C5H7NO2/c1-6-2-5(3-7)4-8/h2-4,6H,1H3. The Balaban J connectivity index is 3.85. The molecule has 3 heteroatoms. The summed E-state index contributed by atoms with van der Waals surface area (Å²) >= 11 is 0. The van der Waals surface area contributed by atoms with E-state index in [0.717, 1.165) is 0 Å². The summed E-state index contributed by atoms with van der Waals surface area (Å²) in [5.41, 5.74) is 0.118. The van der Waals surface area contributed by atoms with E-state index in [-0.39, 0.29) is 5.57 Å². The Labute approximate surface area is 47.4 Å². The Bertz CT molecular complexity index is 108. The molecule has 0 aliphatic rings. The van der Waals surface area contributed by atoms with Gasteiger partial charge in [0.25, 0.3) is 0 Å². The van der Waals surface area contributed by atoms with Crippen LogP contribution < -0.4 is 5.32 Å². The molecule has 0 rings (SSSR count). The number of hydrogen-bond acceptors (Lipinski definition) is 3. The van der Waals surface area contributed by atoms with Crippen LogP contribution in [0.5, 0.6) is 0 Å². The molecule has 0 fully saturated rings. The molecule has 0 aromatic carbocycles. The second-order valence-corrected chi connectivity index (χ2v) is 1.17. The molecule has 3 nitrogen and oxygen atoms in total. The van der Waals surface area contributed by atoms with Gasteiger partial charge in [-0.2, -0.15) is 0 Å². The smallest absolute Gasteiger partial charge is 0.154 e. The van der Waals surface area contributed by atoms with E-state index >= 15 is 0 Å². The van der Waals surface area contributed by atoms with Crippen LogP contribution in [0.2, 0.25) is 0 Å². The molecule has 0 bridgehead atoms. The third-order valence-corrected chi connectivity index (χ3v) is 0.583. The van der Waals surface area contributed by atoms with E-state index in [2.05, 4.69) is 5.32 Å². The SMILES string of the molecule is CNC=C(C=O)C=O. The molecule has 0 aliphatic heterocycles. The molecule has 0 aliphatic carbocycles. The van der Waals surface area contributed by atoms with Gasteiger partial charge in [0.2, 0.25) is 0 Å². The van der Waals surface area contributed by atoms with Gasteiger partial charge in [-0.3, -0.25) is 9.59 Å². The molecule has 0 atom stereocenters. The van der Waals surface area contributed by atoms with Gasteiger partial charge in [-0.1, -0.05) is 0 Å². The van der Waals surface area contributed by atoms with Crippen LogP contribution in [0.1, 0.15) is 0 Å². The summed E-state index contributed by atoms with van der Waals surface area (Å²) in [6.07, 6.45) is 2.31. The van der Waals surface area contributed by atoms with E-state index in [1.165, 1.54) is 6.20 Å². The van der Waals surface area contributed by atoms with Crippen molar-refractivity contribution in [2.45, 2.75) is 0 Å². The van der Waals surface area contributed by atoms with Gasteiger partial charge in [-0.05, 0) is 0 Å². The van der Waals surface area contributed by atoms with Gasteiger partial charge in [0.1, 0.15) is 0 Å². The molecule has 0 saturated heterocycles. The molecule has 0 aromatic heterocycles. The molecule has 0 spiro atoms. The highest BCUT2D eigenvalue weighted by Crippen LogP contribution is 1.75. The highest BCUT2D eigenvalue weighted by atomic mass is 16.1. The van der Waals surface area contributed by atoms with Gasteiger partial charge in [-0.15, -0.1) is 0 Å². The maximum absolute atomic E-state index is 9.79. The number of rotatable bonds is 3. The fraction of sp³-hybridized carbons (Fsp3) is 0.200. The van der Waals surface area contributed by atoms with E-state index in [0.29, 0.717) is 12.6 Å². The van der Waals surface area contributed by atoms with Gasteiger partial charge >= 0.3 is 0 Å². The molecule has 0 aromatic rings. The molecule has 44 valence electrons. The number of carbonyl (C=O) groups is 2. The second-order valence-electron chi connectivity index (χ2n) is 1.17. The fourth-order valence-corrected chi connectivity index (χ4v) is 0.262. The molecule has 0 saturated carbocycles. The molecule has 1 N–H and O–H groups in total. The maximum Gasteiger partial charge on any atom is 0.154 e. The minimum Gasteiger partial charge on any atom is -0.393 e. The van der Waals surface area contributed by atoms with Crippen molar-refractivity contribution in [1.29, 1.82) is 0 Å². The van der Waals surface area contributed by atoms with Crippen LogP contribution >= 0.6 is 0 Å². The molecule has 0 radical (unpaired) electrons. The molecule has 0 amide bonds. The average molecular weight is 113 g/mol. The normalized spacial score (nSPS) is 7.12. The second kappa shape index (κ2) is 4.05. The molecule has 8 heavy (non-hydrogen) atoms. The summed E-state index contributed by atoms with van der Waals surface area (Å²) in [5.74, 6) is 0. The van der Waals surface area contributed by atoms with E-state index in [4.69, 9.17) is 0 Å². The van der Waals surface area contributed by atoms with E-state index < -0.39 is 0 Å². The van der Waals surface area contributed by atoms with E-state index in [9.17, 15) is 9.59 Å². The van der Waals surface area contributed by atoms with Crippen LogP contribution in [0.4, 0.5) is 0 Å². The number of nitrogens with one attached hydrogen (secondary N) is 1. The first kappa shape index (κ1) is 6.88. The monoisotopic (exact) mass is 113 g/mol. The quantitative estimate of drug-likeness (QED) is 0.232. The van der Waals surface area contributed by atoms with Crippen LogP contribution in [-0.2, 0) is 9.59 Å². The van der Waals surface area contributed by atoms with Gasteiger partial charge in [-0.25, -0.2) is 0 Å². The van der Waals surface area contributed by atoms with Crippen molar-refractivity contribution in [3.63, 3.8) is 0 Å². The number of aldehydes is 2. The van der Waals surface area contributed by atoms with Crippen molar-refractivity contribution in [3.05, 3.63) is 11.8 Å². The van der Waals surface area contributed by atoms with Crippen molar-refractivity contribution in [3.8, 4) is 0 Å². The Morgan fingerprint density at radius 1 is 1.38 bits per heavy atom. The first-order valence-corrected chi connectivity index (χ1v) is 2.13. The number of carbonyl (C=O) groups excluding carboxylic acids is 2. The summed E-state index contributed by atoms with van der Waals surface area (Å²) in [7, 11) is 1.62. The molecule has 0 unspecified atom stereocenters. The topological polar surface area (TPSA) is 46.2 Å². The minimum atomic E-state index is 0.118. The zero-order chi connectivity index (χ0) is 6.41. The first-order chi connectivity index (χ1) is 3.85. The lowest BCUT2D eigenvalue weighted by Gasteiger charge is -1.83. The van der Waals surface area contributed by atoms with Crippen LogP contribution in [0, 0.1) is 0 Å². The predicted octanol–water partition coefficient (Wildman–Crippen LogP) is -0.513. The van der Waals surface area contributed by atoms with Crippen molar-refractivity contribution in [2.75, 3.05) is 7.05 Å². The predicted molar refractivity (Wildman–Crippen MR) is 29.3 cm³/mol. The highest BCUT2D eigenvalue weighted by molar-refractivity contribution is 5.98. The molecular weight excluding hydrogens is 106 g/mol. The Morgan fingerprint density at radius 2 is 1.88 bits per heavy atom. The highest BCUT2D eigenvalue weighted by Gasteiger charge is 1.85. The lowest BCUT2D eigenvalue weighted by atomic mass is 10.4. The third-order valence-electron chi connectivity index (χ3n) is 0.583. The first-order valence-electron chi connectivity index (χ1n) is 2.13. The molecule has 0 heterocycles. The van der Waals surface area contributed by atoms with Gasteiger partial charge < -0.3 is 5.32 Å². The fourth-order valence-electron chi connectivity index (χ4n) is 0.262. The third kappa shape index (κ3) is 2.12. The van der Waals surface area contributed by atoms with Crippen LogP contribution in [0.25, 0.3) is 0 Å². The maximum atomic E-state index is 9.79. The minimum absolute atomic E-state index is 0.118. The van der Waals surface area contributed by atoms with Crippen molar-refractivity contribution < 1.29 is 9.59 Å². The Morgan fingerprint density at radius 3 is 2.00 bits per heavy atom. The largest absolute Gasteiger partial charge is 0.393 e. The van der Waals surface area contributed by atoms with Crippen molar-refractivity contribution in [2.24, 2.45) is 0 Å². The Hall–Kier alpha value is -1.12. The van der Waals surface area contributed by atoms with Gasteiger partial charge in [0.05, 0.1) is 5.57 Å². The van der Waals surface area contributed by atoms with Gasteiger partial charge in [0.15, 0.2) is 12.6 Å². The lowest BCUT2D eigenvalue weighted by molar-refractivity contribution is -0.109. The Kier molecular flexibility index (Phi) is 3.48. The summed E-state index contributed by atoms with van der Waals surface area (Å²) in [6, 6.07) is 0. The summed E-state index contributed by atoms with van der Waals surface area (Å²) in [5, 5.41) is 2.55. The zero-order valence-corrected chi connectivity index (χ0v) is 4.55. The number of hydrogen-bond donors (Lipinski definition) is 1. The number of allylic oxidation sites excluding steroid dienone is 1. The summed E-state index contributed by atoms with van der Waals surface area (Å²) < 4.78 is 0. The lowest BCUT2D eigenvalue weighted by Crippen LogP contribution is -1.97. The van der Waals surface area contributed by atoms with Crippen LogP contribution in [-0.4, -0.2) is 19.6 Å². The van der Waals surface area contributed by atoms with E-state index in [1.807, 2.05) is 0 Å². The molecular formula is C5H7NO2. The van der Waals surface area contributed by atoms with Crippen molar-refractivity contribution in [1.82, 2.24) is 5.32 Å². The van der Waals surface area contributed by atoms with Gasteiger partial charge in [0, 0.05) is 13.2 Å². The summed E-state index contributed by atoms with van der Waals surface area (Å²) in [6.45, 7) is 0. The van der Waals surface area contributed by atoms with Crippen LogP contribution in [0.15, 0.2) is 11.8 Å². The van der Waals surface area contributed by atoms with E-state index in [1.54, 1.807) is 7.05 Å². The average Bonchev–Trinajstić information content (AvgIpc) is 1.83.